The van der Waals surface area contributed by atoms with E-state index in [4.69, 9.17) is 4.74 Å². The van der Waals surface area contributed by atoms with Gasteiger partial charge < -0.3 is 19.5 Å². The molecule has 0 aliphatic carbocycles. The van der Waals surface area contributed by atoms with Gasteiger partial charge in [0.1, 0.15) is 11.6 Å². The van der Waals surface area contributed by atoms with Gasteiger partial charge in [-0.1, -0.05) is 12.1 Å². The van der Waals surface area contributed by atoms with Gasteiger partial charge in [-0.25, -0.2) is 4.98 Å². The predicted molar refractivity (Wildman–Crippen MR) is 133 cm³/mol. The topological polar surface area (TPSA) is 79.7 Å². The summed E-state index contributed by atoms with van der Waals surface area (Å²) in [6.07, 6.45) is 0.100. The van der Waals surface area contributed by atoms with Crippen LogP contribution in [-0.2, 0) is 16.6 Å². The van der Waals surface area contributed by atoms with Gasteiger partial charge in [-0.3, -0.25) is 14.5 Å². The second-order valence-corrected chi connectivity index (χ2v) is 9.16. The number of nitrogens with one attached hydrogen (secondary N) is 1. The van der Waals surface area contributed by atoms with E-state index in [-0.39, 0.29) is 30.5 Å². The molecule has 180 valence electrons. The van der Waals surface area contributed by atoms with E-state index in [0.29, 0.717) is 19.6 Å². The molecule has 0 spiro atoms. The number of amides is 2. The van der Waals surface area contributed by atoms with Crippen molar-refractivity contribution in [1.29, 1.82) is 0 Å². The third-order valence-electron chi connectivity index (χ3n) is 6.31. The smallest absolute Gasteiger partial charge is 0.238 e. The normalized spacial score (nSPS) is 16.8. The fraction of sp³-hybridized carbons (Fsp3) is 0.423. The predicted octanol–water partition coefficient (Wildman–Crippen LogP) is 3.51. The van der Waals surface area contributed by atoms with Gasteiger partial charge in [0.05, 0.1) is 29.7 Å². The quantitative estimate of drug-likeness (QED) is 0.605. The lowest BCUT2D eigenvalue weighted by atomic mass is 10.0. The van der Waals surface area contributed by atoms with Gasteiger partial charge in [-0.15, -0.1) is 0 Å². The Balaban J connectivity index is 1.49. The number of anilines is 1. The zero-order chi connectivity index (χ0) is 24.4. The zero-order valence-corrected chi connectivity index (χ0v) is 20.5. The van der Waals surface area contributed by atoms with Crippen molar-refractivity contribution in [2.75, 3.05) is 31.5 Å². The molecule has 2 heterocycles. The molecular weight excluding hydrogens is 430 g/mol. The highest BCUT2D eigenvalue weighted by Gasteiger charge is 2.30. The highest BCUT2D eigenvalue weighted by atomic mass is 16.5. The lowest BCUT2D eigenvalue weighted by Gasteiger charge is -2.41. The molecule has 1 aliphatic heterocycles. The van der Waals surface area contributed by atoms with Gasteiger partial charge in [-0.05, 0) is 56.7 Å². The number of piperazine rings is 1. The minimum absolute atomic E-state index is 0.0489. The minimum Gasteiger partial charge on any atom is -0.491 e. The molecule has 1 aliphatic rings. The Bertz CT molecular complexity index is 1190. The summed E-state index contributed by atoms with van der Waals surface area (Å²) >= 11 is 0. The molecule has 0 unspecified atom stereocenters. The average Bonchev–Trinajstić information content (AvgIpc) is 3.07. The van der Waals surface area contributed by atoms with Crippen molar-refractivity contribution in [1.82, 2.24) is 19.4 Å². The fourth-order valence-electron chi connectivity index (χ4n) is 4.44. The molecule has 2 amide bonds. The summed E-state index contributed by atoms with van der Waals surface area (Å²) in [5.41, 5.74) is 3.67. The van der Waals surface area contributed by atoms with Crippen LogP contribution in [-0.4, -0.2) is 63.4 Å². The summed E-state index contributed by atoms with van der Waals surface area (Å²) < 4.78 is 7.79. The van der Waals surface area contributed by atoms with Crippen molar-refractivity contribution >= 4 is 28.5 Å². The first-order chi connectivity index (χ1) is 16.2. The molecule has 1 N–H and O–H groups in total. The van der Waals surface area contributed by atoms with Crippen molar-refractivity contribution in [2.24, 2.45) is 7.05 Å². The Kier molecular flexibility index (Phi) is 6.88. The average molecular weight is 464 g/mol. The largest absolute Gasteiger partial charge is 0.491 e. The van der Waals surface area contributed by atoms with Gasteiger partial charge in [0.25, 0.3) is 0 Å². The maximum absolute atomic E-state index is 13.0. The molecule has 1 atom stereocenters. The Morgan fingerprint density at radius 1 is 1.15 bits per heavy atom. The lowest BCUT2D eigenvalue weighted by molar-refractivity contribution is -0.132. The number of aryl methyl sites for hydroxylation is 2. The van der Waals surface area contributed by atoms with E-state index in [1.807, 2.05) is 79.8 Å². The van der Waals surface area contributed by atoms with Crippen LogP contribution in [0.4, 0.5) is 5.69 Å². The monoisotopic (exact) mass is 463 g/mol. The van der Waals surface area contributed by atoms with E-state index in [0.717, 1.165) is 33.9 Å². The molecule has 4 rings (SSSR count). The summed E-state index contributed by atoms with van der Waals surface area (Å²) in [5.74, 6) is 1.69. The molecule has 3 aromatic rings. The number of fused-ring (bicyclic) bond motifs is 1. The molecular formula is C26H33N5O3. The fourth-order valence-corrected chi connectivity index (χ4v) is 4.44. The second kappa shape index (κ2) is 9.85. The molecule has 1 saturated heterocycles. The third-order valence-corrected chi connectivity index (χ3v) is 6.31. The molecule has 0 bridgehead atoms. The Labute approximate surface area is 200 Å². The standard InChI is InChI=1S/C26H33N5O3/c1-17(2)34-22-9-6-20(7-10-22)25-15-30(19(4)32)12-13-31(25)16-26(33)28-21-8-11-24-23(14-21)27-18(3)29(24)5/h6-11,14,17,25H,12-13,15-16H2,1-5H3,(H,28,33)/t25-/m0/s1. The molecule has 2 aromatic carbocycles. The van der Waals surface area contributed by atoms with Crippen LogP contribution in [0.3, 0.4) is 0 Å². The molecule has 0 radical (unpaired) electrons. The molecule has 0 saturated carbocycles. The van der Waals surface area contributed by atoms with Crippen molar-refractivity contribution in [3.63, 3.8) is 0 Å². The van der Waals surface area contributed by atoms with Crippen LogP contribution < -0.4 is 10.1 Å². The van der Waals surface area contributed by atoms with Crippen LogP contribution in [0.15, 0.2) is 42.5 Å². The van der Waals surface area contributed by atoms with E-state index in [2.05, 4.69) is 15.2 Å². The summed E-state index contributed by atoms with van der Waals surface area (Å²) in [4.78, 5) is 33.6. The third kappa shape index (κ3) is 5.22. The molecule has 8 heteroatoms. The molecule has 1 aromatic heterocycles. The number of rotatable bonds is 6. The highest BCUT2D eigenvalue weighted by molar-refractivity contribution is 5.94. The first-order valence-corrected chi connectivity index (χ1v) is 11.7. The highest BCUT2D eigenvalue weighted by Crippen LogP contribution is 2.28. The van der Waals surface area contributed by atoms with Crippen molar-refractivity contribution < 1.29 is 14.3 Å². The summed E-state index contributed by atoms with van der Waals surface area (Å²) in [6.45, 7) is 9.55. The van der Waals surface area contributed by atoms with Crippen molar-refractivity contribution in [3.05, 3.63) is 53.9 Å². The second-order valence-electron chi connectivity index (χ2n) is 9.16. The number of benzene rings is 2. The van der Waals surface area contributed by atoms with E-state index in [1.165, 1.54) is 0 Å². The maximum Gasteiger partial charge on any atom is 0.238 e. The van der Waals surface area contributed by atoms with Gasteiger partial charge in [0.15, 0.2) is 0 Å². The van der Waals surface area contributed by atoms with Crippen LogP contribution in [0.2, 0.25) is 0 Å². The number of hydrogen-bond acceptors (Lipinski definition) is 5. The summed E-state index contributed by atoms with van der Waals surface area (Å²) in [5, 5.41) is 3.02. The first-order valence-electron chi connectivity index (χ1n) is 11.7. The van der Waals surface area contributed by atoms with Gasteiger partial charge in [0, 0.05) is 39.3 Å². The van der Waals surface area contributed by atoms with Gasteiger partial charge in [-0.2, -0.15) is 0 Å². The lowest BCUT2D eigenvalue weighted by Crippen LogP contribution is -2.51. The van der Waals surface area contributed by atoms with Gasteiger partial charge >= 0.3 is 0 Å². The van der Waals surface area contributed by atoms with Crippen LogP contribution >= 0.6 is 0 Å². The number of aromatic nitrogens is 2. The molecule has 34 heavy (non-hydrogen) atoms. The number of ether oxygens (including phenoxy) is 1. The number of carbonyl (C=O) groups excluding carboxylic acids is 2. The van der Waals surface area contributed by atoms with Crippen molar-refractivity contribution in [3.8, 4) is 5.75 Å². The van der Waals surface area contributed by atoms with Crippen molar-refractivity contribution in [2.45, 2.75) is 39.8 Å². The van der Waals surface area contributed by atoms with Gasteiger partial charge in [0.2, 0.25) is 11.8 Å². The van der Waals surface area contributed by atoms with Crippen LogP contribution in [0, 0.1) is 6.92 Å². The van der Waals surface area contributed by atoms with Crippen LogP contribution in [0.1, 0.15) is 38.2 Å². The first kappa shape index (κ1) is 23.8. The zero-order valence-electron chi connectivity index (χ0n) is 20.5. The molecule has 8 nitrogen and oxygen atoms in total. The summed E-state index contributed by atoms with van der Waals surface area (Å²) in [7, 11) is 1.98. The van der Waals surface area contributed by atoms with Crippen LogP contribution in [0.5, 0.6) is 5.75 Å². The Hall–Kier alpha value is -3.39. The number of nitrogens with zero attached hydrogens (tertiary/aromatic N) is 4. The number of hydrogen-bond donors (Lipinski definition) is 1. The maximum atomic E-state index is 13.0. The van der Waals surface area contributed by atoms with E-state index < -0.39 is 0 Å². The Morgan fingerprint density at radius 2 is 1.88 bits per heavy atom. The minimum atomic E-state index is -0.0898. The summed E-state index contributed by atoms with van der Waals surface area (Å²) in [6, 6.07) is 13.6. The Morgan fingerprint density at radius 3 is 2.56 bits per heavy atom. The number of imidazole rings is 1. The van der Waals surface area contributed by atoms with E-state index in [1.54, 1.807) is 6.92 Å². The molecule has 1 fully saturated rings. The van der Waals surface area contributed by atoms with E-state index in [9.17, 15) is 9.59 Å². The van der Waals surface area contributed by atoms with Crippen LogP contribution in [0.25, 0.3) is 11.0 Å². The number of carbonyl (C=O) groups is 2. The SMILES string of the molecule is CC(=O)N1CCN(CC(=O)Nc2ccc3c(c2)nc(C)n3C)[C@H](c2ccc(OC(C)C)cc2)C1. The van der Waals surface area contributed by atoms with E-state index >= 15 is 0 Å².